The van der Waals surface area contributed by atoms with Crippen molar-refractivity contribution in [3.8, 4) is 0 Å². The van der Waals surface area contributed by atoms with Gasteiger partial charge in [-0.05, 0) is 30.9 Å². The molecule has 9 heteroatoms. The summed E-state index contributed by atoms with van der Waals surface area (Å²) in [6.45, 7) is 5.06. The number of sulfonamides is 1. The number of hydrogen-bond donors (Lipinski definition) is 4. The molecule has 0 radical (unpaired) electrons. The number of nitrogens with zero attached hydrogens (tertiary/aromatic N) is 1. The van der Waals surface area contributed by atoms with Crippen LogP contribution in [0.3, 0.4) is 0 Å². The lowest BCUT2D eigenvalue weighted by molar-refractivity contribution is 0.0672. The number of nitrogens with one attached hydrogen (secondary N) is 3. The third-order valence-electron chi connectivity index (χ3n) is 3.75. The second-order valence-corrected chi connectivity index (χ2v) is 9.03. The van der Waals surface area contributed by atoms with E-state index in [0.717, 1.165) is 5.56 Å². The van der Waals surface area contributed by atoms with Crippen molar-refractivity contribution in [3.63, 3.8) is 0 Å². The maximum absolute atomic E-state index is 12.1. The number of thiophene rings is 1. The van der Waals surface area contributed by atoms with Crippen molar-refractivity contribution in [3.05, 3.63) is 53.4 Å². The average molecular weight is 411 g/mol. The second kappa shape index (κ2) is 9.84. The van der Waals surface area contributed by atoms with Gasteiger partial charge in [-0.15, -0.1) is 11.3 Å². The summed E-state index contributed by atoms with van der Waals surface area (Å²) < 4.78 is 27.0. The molecule has 1 aromatic carbocycles. The van der Waals surface area contributed by atoms with E-state index in [0.29, 0.717) is 23.3 Å². The average Bonchev–Trinajstić information content (AvgIpc) is 3.20. The lowest BCUT2D eigenvalue weighted by Crippen LogP contribution is -2.42. The SMILES string of the molecule is CCNC(=NCC(C)(O)c1ccccc1)NCCNS(=O)(=O)c1cccs1. The maximum atomic E-state index is 12.1. The van der Waals surface area contributed by atoms with Gasteiger partial charge in [-0.3, -0.25) is 0 Å². The first kappa shape index (κ1) is 21.4. The Bertz CT molecular complexity index is 820. The fraction of sp³-hybridized carbons (Fsp3) is 0.389. The van der Waals surface area contributed by atoms with Gasteiger partial charge < -0.3 is 15.7 Å². The molecule has 4 N–H and O–H groups in total. The van der Waals surface area contributed by atoms with Crippen molar-refractivity contribution < 1.29 is 13.5 Å². The van der Waals surface area contributed by atoms with Gasteiger partial charge in [0.2, 0.25) is 10.0 Å². The van der Waals surface area contributed by atoms with Gasteiger partial charge in [0, 0.05) is 19.6 Å². The lowest BCUT2D eigenvalue weighted by atomic mass is 9.96. The summed E-state index contributed by atoms with van der Waals surface area (Å²) in [4.78, 5) is 4.41. The fourth-order valence-corrected chi connectivity index (χ4v) is 4.39. The number of benzene rings is 1. The monoisotopic (exact) mass is 410 g/mol. The topological polar surface area (TPSA) is 103 Å². The van der Waals surface area contributed by atoms with Gasteiger partial charge in [0.05, 0.1) is 6.54 Å². The molecule has 0 aliphatic rings. The summed E-state index contributed by atoms with van der Waals surface area (Å²) in [5.41, 5.74) is -0.307. The Morgan fingerprint density at radius 1 is 1.15 bits per heavy atom. The Balaban J connectivity index is 1.88. The summed E-state index contributed by atoms with van der Waals surface area (Å²) in [5.74, 6) is 0.518. The number of rotatable bonds is 9. The molecule has 1 unspecified atom stereocenters. The third kappa shape index (κ3) is 6.62. The zero-order valence-corrected chi connectivity index (χ0v) is 17.1. The molecule has 0 aliphatic carbocycles. The zero-order valence-electron chi connectivity index (χ0n) is 15.5. The minimum absolute atomic E-state index is 0.174. The van der Waals surface area contributed by atoms with Crippen LogP contribution in [0.2, 0.25) is 0 Å². The van der Waals surface area contributed by atoms with E-state index in [1.807, 2.05) is 37.3 Å². The fourth-order valence-electron chi connectivity index (χ4n) is 2.32. The molecule has 0 spiro atoms. The van der Waals surface area contributed by atoms with Crippen molar-refractivity contribution in [1.82, 2.24) is 15.4 Å². The molecule has 0 fully saturated rings. The molecule has 0 amide bonds. The van der Waals surface area contributed by atoms with Crippen LogP contribution in [0.15, 0.2) is 57.0 Å². The normalized spacial score (nSPS) is 14.6. The van der Waals surface area contributed by atoms with E-state index in [9.17, 15) is 13.5 Å². The highest BCUT2D eigenvalue weighted by atomic mass is 32.2. The predicted molar refractivity (Wildman–Crippen MR) is 110 cm³/mol. The van der Waals surface area contributed by atoms with Gasteiger partial charge in [0.25, 0.3) is 0 Å². The summed E-state index contributed by atoms with van der Waals surface area (Å²) in [5, 5.41) is 18.5. The highest BCUT2D eigenvalue weighted by Crippen LogP contribution is 2.20. The van der Waals surface area contributed by atoms with Crippen LogP contribution in [-0.4, -0.2) is 45.7 Å². The quantitative estimate of drug-likeness (QED) is 0.285. The number of aliphatic imine (C=N–C) groups is 1. The van der Waals surface area contributed by atoms with E-state index in [-0.39, 0.29) is 13.1 Å². The molecule has 7 nitrogen and oxygen atoms in total. The van der Waals surface area contributed by atoms with Crippen LogP contribution in [0.4, 0.5) is 0 Å². The number of aliphatic hydroxyl groups is 1. The first-order valence-electron chi connectivity index (χ1n) is 8.68. The Kier molecular flexibility index (Phi) is 7.78. The molecule has 2 aromatic rings. The smallest absolute Gasteiger partial charge is 0.250 e. The highest BCUT2D eigenvalue weighted by molar-refractivity contribution is 7.91. The van der Waals surface area contributed by atoms with E-state index < -0.39 is 15.6 Å². The molecule has 1 heterocycles. The molecular weight excluding hydrogens is 384 g/mol. The van der Waals surface area contributed by atoms with Gasteiger partial charge in [-0.2, -0.15) is 0 Å². The summed E-state index contributed by atoms with van der Waals surface area (Å²) in [6.07, 6.45) is 0. The lowest BCUT2D eigenvalue weighted by Gasteiger charge is -2.22. The van der Waals surface area contributed by atoms with E-state index in [4.69, 9.17) is 0 Å². The Morgan fingerprint density at radius 2 is 1.89 bits per heavy atom. The van der Waals surface area contributed by atoms with Crippen LogP contribution in [0, 0.1) is 0 Å². The van der Waals surface area contributed by atoms with Gasteiger partial charge >= 0.3 is 0 Å². The van der Waals surface area contributed by atoms with E-state index in [1.54, 1.807) is 24.4 Å². The standard InChI is InChI=1S/C18H26N4O3S2/c1-3-19-17(21-14-18(2,23)15-8-5-4-6-9-15)20-11-12-22-27(24,25)16-10-7-13-26-16/h4-10,13,22-23H,3,11-12,14H2,1-2H3,(H2,19,20,21). The van der Waals surface area contributed by atoms with E-state index >= 15 is 0 Å². The zero-order chi connectivity index (χ0) is 19.8. The van der Waals surface area contributed by atoms with Crippen molar-refractivity contribution in [2.24, 2.45) is 4.99 Å². The molecule has 0 aliphatic heterocycles. The number of guanidine groups is 1. The van der Waals surface area contributed by atoms with Crippen LogP contribution in [0.5, 0.6) is 0 Å². The second-order valence-electron chi connectivity index (χ2n) is 6.09. The van der Waals surface area contributed by atoms with Crippen LogP contribution < -0.4 is 15.4 Å². The molecule has 27 heavy (non-hydrogen) atoms. The molecule has 0 saturated carbocycles. The molecule has 0 bridgehead atoms. The van der Waals surface area contributed by atoms with Crippen LogP contribution in [0.1, 0.15) is 19.4 Å². The molecule has 2 rings (SSSR count). The molecule has 0 saturated heterocycles. The number of hydrogen-bond acceptors (Lipinski definition) is 5. The van der Waals surface area contributed by atoms with E-state index in [2.05, 4.69) is 20.3 Å². The third-order valence-corrected chi connectivity index (χ3v) is 6.61. The minimum atomic E-state index is -3.47. The van der Waals surface area contributed by atoms with Crippen LogP contribution in [0.25, 0.3) is 0 Å². The Labute approximate surface area is 164 Å². The van der Waals surface area contributed by atoms with Gasteiger partial charge in [0.15, 0.2) is 5.96 Å². The first-order valence-corrected chi connectivity index (χ1v) is 11.0. The van der Waals surface area contributed by atoms with Crippen molar-refractivity contribution in [2.75, 3.05) is 26.2 Å². The highest BCUT2D eigenvalue weighted by Gasteiger charge is 2.22. The summed E-state index contributed by atoms with van der Waals surface area (Å²) in [7, 11) is -3.47. The minimum Gasteiger partial charge on any atom is -0.384 e. The molecular formula is C18H26N4O3S2. The molecule has 1 aromatic heterocycles. The first-order chi connectivity index (χ1) is 12.8. The Morgan fingerprint density at radius 3 is 2.52 bits per heavy atom. The molecule has 148 valence electrons. The molecule has 1 atom stereocenters. The predicted octanol–water partition coefficient (Wildman–Crippen LogP) is 1.49. The van der Waals surface area contributed by atoms with Crippen LogP contribution >= 0.6 is 11.3 Å². The van der Waals surface area contributed by atoms with E-state index in [1.165, 1.54) is 11.3 Å². The largest absolute Gasteiger partial charge is 0.384 e. The van der Waals surface area contributed by atoms with Crippen molar-refractivity contribution in [2.45, 2.75) is 23.7 Å². The van der Waals surface area contributed by atoms with Gasteiger partial charge in [-0.1, -0.05) is 36.4 Å². The van der Waals surface area contributed by atoms with Crippen molar-refractivity contribution in [1.29, 1.82) is 0 Å². The van der Waals surface area contributed by atoms with Crippen molar-refractivity contribution >= 4 is 27.3 Å². The Hall–Kier alpha value is -1.94. The summed E-state index contributed by atoms with van der Waals surface area (Å²) >= 11 is 1.18. The van der Waals surface area contributed by atoms with Crippen LogP contribution in [-0.2, 0) is 15.6 Å². The van der Waals surface area contributed by atoms with Gasteiger partial charge in [-0.25, -0.2) is 18.1 Å². The van der Waals surface area contributed by atoms with Gasteiger partial charge in [0.1, 0.15) is 9.81 Å². The maximum Gasteiger partial charge on any atom is 0.250 e. The summed E-state index contributed by atoms with van der Waals surface area (Å²) in [6, 6.07) is 12.6.